The van der Waals surface area contributed by atoms with E-state index in [1.165, 1.54) is 0 Å². The Balaban J connectivity index is 1.17. The minimum Gasteiger partial charge on any atom is -0.494 e. The van der Waals surface area contributed by atoms with Crippen LogP contribution in [0.4, 0.5) is 11.4 Å². The molecule has 0 spiro atoms. The lowest BCUT2D eigenvalue weighted by atomic mass is 9.52. The summed E-state index contributed by atoms with van der Waals surface area (Å²) < 4.78 is 5.97. The molecule has 0 heterocycles. The van der Waals surface area contributed by atoms with Crippen LogP contribution in [0.3, 0.4) is 0 Å². The molecule has 1 aliphatic carbocycles. The first-order valence-corrected chi connectivity index (χ1v) is 19.2. The minimum atomic E-state index is -0.520. The summed E-state index contributed by atoms with van der Waals surface area (Å²) in [5.74, 6) is 11.5. The number of nitrogens with one attached hydrogen (secondary N) is 2. The molecule has 276 valence electrons. The number of hydrogen-bond donors (Lipinski definition) is 2. The van der Waals surface area contributed by atoms with Crippen molar-refractivity contribution in [1.29, 1.82) is 0 Å². The van der Waals surface area contributed by atoms with E-state index >= 15 is 0 Å². The van der Waals surface area contributed by atoms with Crippen molar-refractivity contribution in [3.63, 3.8) is 0 Å². The summed E-state index contributed by atoms with van der Waals surface area (Å²) in [6.45, 7) is 4.80. The third-order valence-electron chi connectivity index (χ3n) is 10.2. The van der Waals surface area contributed by atoms with E-state index in [9.17, 15) is 9.59 Å². The third-order valence-corrected chi connectivity index (χ3v) is 10.2. The van der Waals surface area contributed by atoms with Crippen LogP contribution in [0.25, 0.3) is 0 Å². The lowest BCUT2D eigenvalue weighted by molar-refractivity contribution is -0.134. The van der Waals surface area contributed by atoms with Crippen molar-refractivity contribution in [2.45, 2.75) is 38.5 Å². The van der Waals surface area contributed by atoms with Gasteiger partial charge in [0.1, 0.15) is 5.75 Å². The number of ether oxygens (including phenoxy) is 1. The van der Waals surface area contributed by atoms with Gasteiger partial charge in [0.25, 0.3) is 0 Å². The first-order chi connectivity index (χ1) is 27.4. The molecule has 0 bridgehead atoms. The monoisotopic (exact) mass is 732 g/mol. The van der Waals surface area contributed by atoms with Crippen LogP contribution in [-0.2, 0) is 9.59 Å². The normalized spacial score (nSPS) is 16.8. The highest BCUT2D eigenvalue weighted by Crippen LogP contribution is 2.58. The van der Waals surface area contributed by atoms with E-state index in [4.69, 9.17) is 4.74 Å². The predicted octanol–water partition coefficient (Wildman–Crippen LogP) is 10.4. The maximum absolute atomic E-state index is 14.5. The van der Waals surface area contributed by atoms with Crippen LogP contribution in [0.15, 0.2) is 158 Å². The Morgan fingerprint density at radius 2 is 0.911 bits per heavy atom. The average molecular weight is 733 g/mol. The molecule has 2 unspecified atom stereocenters. The Morgan fingerprint density at radius 3 is 1.32 bits per heavy atom. The molecule has 0 saturated heterocycles. The Labute approximate surface area is 330 Å². The van der Waals surface area contributed by atoms with Crippen molar-refractivity contribution in [1.82, 2.24) is 0 Å². The van der Waals surface area contributed by atoms with Crippen LogP contribution < -0.4 is 15.4 Å². The zero-order valence-electron chi connectivity index (χ0n) is 31.7. The van der Waals surface area contributed by atoms with E-state index in [2.05, 4.69) is 41.2 Å². The van der Waals surface area contributed by atoms with Gasteiger partial charge in [0.15, 0.2) is 0 Å². The zero-order valence-corrected chi connectivity index (χ0v) is 31.7. The van der Waals surface area contributed by atoms with Gasteiger partial charge in [0, 0.05) is 45.5 Å². The largest absolute Gasteiger partial charge is 0.494 e. The lowest BCUT2D eigenvalue weighted by Gasteiger charge is -2.50. The summed E-state index contributed by atoms with van der Waals surface area (Å²) in [4.78, 5) is 29.0. The molecular weight excluding hydrogens is 689 g/mol. The number of carbonyl (C=O) groups excluding carboxylic acids is 2. The molecule has 6 aromatic rings. The molecule has 2 N–H and O–H groups in total. The van der Waals surface area contributed by atoms with Crippen LogP contribution in [0.1, 0.15) is 70.5 Å². The van der Waals surface area contributed by atoms with Crippen molar-refractivity contribution in [3.8, 4) is 29.4 Å². The molecule has 0 radical (unpaired) electrons. The predicted molar refractivity (Wildman–Crippen MR) is 225 cm³/mol. The fourth-order valence-electron chi connectivity index (χ4n) is 7.20. The van der Waals surface area contributed by atoms with Gasteiger partial charge < -0.3 is 15.4 Å². The first kappa shape index (κ1) is 37.5. The highest BCUT2D eigenvalue weighted by atomic mass is 16.5. The summed E-state index contributed by atoms with van der Waals surface area (Å²) in [6, 6.07) is 50.9. The molecule has 7 rings (SSSR count). The smallest absolute Gasteiger partial charge is 0.228 e. The molecule has 1 aliphatic rings. The summed E-state index contributed by atoms with van der Waals surface area (Å²) in [7, 11) is 0. The van der Waals surface area contributed by atoms with Crippen LogP contribution in [0.5, 0.6) is 5.75 Å². The maximum Gasteiger partial charge on any atom is 0.228 e. The fourth-order valence-corrected chi connectivity index (χ4v) is 7.20. The Morgan fingerprint density at radius 1 is 0.518 bits per heavy atom. The van der Waals surface area contributed by atoms with E-state index in [1.54, 1.807) is 0 Å². The van der Waals surface area contributed by atoms with Crippen LogP contribution in [0.2, 0.25) is 0 Å². The minimum absolute atomic E-state index is 0.141. The summed E-state index contributed by atoms with van der Waals surface area (Å²) >= 11 is 0. The SMILES string of the molecule is CCCCOc1ccc(C2C(C(=O)Nc3ccc(C#Cc4ccccc4)cc3)C(c3ccc(C)cc3)C2C(=O)Nc2ccc(C#Cc3ccccc3)cc2)cc1. The zero-order chi connectivity index (χ0) is 38.7. The standard InChI is InChI=1S/C51H44N2O3/c1-3-4-35-56-45-33-27-42(28-34-45)47-48(50(54)52-43-29-21-39(22-30-43)19-17-37-11-7-5-8-12-37)46(41-25-15-36(2)16-26-41)49(47)51(55)53-44-31-23-40(24-32-44)20-18-38-13-9-6-10-14-38/h5-16,21-34,46-49H,3-4,35H2,1-2H3,(H,52,54)(H,53,55). The molecule has 2 amide bonds. The van der Waals surface area contributed by atoms with Crippen molar-refractivity contribution >= 4 is 23.2 Å². The quantitative estimate of drug-likeness (QED) is 0.109. The lowest BCUT2D eigenvalue weighted by Crippen LogP contribution is -2.53. The summed E-state index contributed by atoms with van der Waals surface area (Å²) in [5, 5.41) is 6.37. The second-order valence-electron chi connectivity index (χ2n) is 14.2. The molecule has 2 atom stereocenters. The van der Waals surface area contributed by atoms with Crippen LogP contribution in [-0.4, -0.2) is 18.4 Å². The van der Waals surface area contributed by atoms with Crippen LogP contribution in [0, 0.1) is 42.4 Å². The molecule has 0 aliphatic heterocycles. The molecule has 1 fully saturated rings. The molecular formula is C51H44N2O3. The van der Waals surface area contributed by atoms with Gasteiger partial charge in [-0.1, -0.05) is 115 Å². The van der Waals surface area contributed by atoms with E-state index in [1.807, 2.05) is 165 Å². The Hall–Kier alpha value is -6.82. The van der Waals surface area contributed by atoms with Gasteiger partial charge in [-0.15, -0.1) is 0 Å². The average Bonchev–Trinajstić information content (AvgIpc) is 3.22. The number of anilines is 2. The number of rotatable bonds is 10. The Bertz CT molecular complexity index is 2240. The third kappa shape index (κ3) is 9.27. The number of amides is 2. The first-order valence-electron chi connectivity index (χ1n) is 19.2. The van der Waals surface area contributed by atoms with Gasteiger partial charge in [-0.3, -0.25) is 9.59 Å². The number of carbonyl (C=O) groups is 2. The van der Waals surface area contributed by atoms with E-state index in [0.717, 1.165) is 57.5 Å². The van der Waals surface area contributed by atoms with Crippen molar-refractivity contribution in [3.05, 3.63) is 197 Å². The number of hydrogen-bond acceptors (Lipinski definition) is 3. The molecule has 56 heavy (non-hydrogen) atoms. The van der Waals surface area contributed by atoms with Crippen molar-refractivity contribution in [2.75, 3.05) is 17.2 Å². The Kier molecular flexibility index (Phi) is 12.1. The van der Waals surface area contributed by atoms with Gasteiger partial charge in [-0.05, 0) is 109 Å². The molecule has 5 heteroatoms. The molecule has 6 aromatic carbocycles. The van der Waals surface area contributed by atoms with Crippen LogP contribution >= 0.6 is 0 Å². The maximum atomic E-state index is 14.5. The van der Waals surface area contributed by atoms with Gasteiger partial charge in [-0.2, -0.15) is 0 Å². The summed E-state index contributed by atoms with van der Waals surface area (Å²) in [5.41, 5.74) is 7.88. The van der Waals surface area contributed by atoms with Crippen molar-refractivity contribution < 1.29 is 14.3 Å². The van der Waals surface area contributed by atoms with E-state index in [-0.39, 0.29) is 17.7 Å². The number of benzene rings is 6. The molecule has 5 nitrogen and oxygen atoms in total. The van der Waals surface area contributed by atoms with Gasteiger partial charge in [0.05, 0.1) is 18.4 Å². The summed E-state index contributed by atoms with van der Waals surface area (Å²) in [6.07, 6.45) is 2.01. The fraction of sp³-hybridized carbons (Fsp3) is 0.176. The number of unbranched alkanes of at least 4 members (excludes halogenated alkanes) is 1. The second kappa shape index (κ2) is 18.0. The molecule has 1 saturated carbocycles. The van der Waals surface area contributed by atoms with E-state index < -0.39 is 17.8 Å². The number of aryl methyl sites for hydroxylation is 1. The second-order valence-corrected chi connectivity index (χ2v) is 14.2. The van der Waals surface area contributed by atoms with Gasteiger partial charge in [0.2, 0.25) is 11.8 Å². The van der Waals surface area contributed by atoms with Crippen molar-refractivity contribution in [2.24, 2.45) is 11.8 Å². The van der Waals surface area contributed by atoms with Gasteiger partial charge >= 0.3 is 0 Å². The topological polar surface area (TPSA) is 67.4 Å². The van der Waals surface area contributed by atoms with E-state index in [0.29, 0.717) is 18.0 Å². The highest BCUT2D eigenvalue weighted by Gasteiger charge is 2.58. The molecule has 0 aromatic heterocycles. The van der Waals surface area contributed by atoms with Gasteiger partial charge in [-0.25, -0.2) is 0 Å². The highest BCUT2D eigenvalue weighted by molar-refractivity contribution is 6.01.